The van der Waals surface area contributed by atoms with Crippen LogP contribution in [0.15, 0.2) is 12.5 Å². The van der Waals surface area contributed by atoms with E-state index in [9.17, 15) is 24.0 Å². The quantitative estimate of drug-likeness (QED) is 0.133. The van der Waals surface area contributed by atoms with Crippen molar-refractivity contribution >= 4 is 42.2 Å². The zero-order valence-corrected chi connectivity index (χ0v) is 19.3. The zero-order valence-electron chi connectivity index (χ0n) is 18.4. The number of H-pyrrole nitrogens is 1. The van der Waals surface area contributed by atoms with Crippen LogP contribution in [0.4, 0.5) is 0 Å². The SMILES string of the molecule is CC(C)C(NC(=O)C(CCC(N)=O)NC(=O)C(N)Cc1cnc[nH]1)C(=O)NC(CS)C(=O)O. The van der Waals surface area contributed by atoms with Gasteiger partial charge in [-0.2, -0.15) is 12.6 Å². The third-order valence-corrected chi connectivity index (χ3v) is 5.05. The number of thiol groups is 1. The predicted molar refractivity (Wildman–Crippen MR) is 121 cm³/mol. The molecule has 0 radical (unpaired) electrons. The van der Waals surface area contributed by atoms with Crippen molar-refractivity contribution < 1.29 is 29.1 Å². The van der Waals surface area contributed by atoms with Crippen molar-refractivity contribution in [1.82, 2.24) is 25.9 Å². The van der Waals surface area contributed by atoms with E-state index in [1.165, 1.54) is 12.5 Å². The smallest absolute Gasteiger partial charge is 0.327 e. The number of nitrogens with zero attached hydrogens (tertiary/aromatic N) is 1. The van der Waals surface area contributed by atoms with E-state index in [1.54, 1.807) is 13.8 Å². The molecule has 0 aliphatic rings. The summed E-state index contributed by atoms with van der Waals surface area (Å²) in [6.45, 7) is 3.30. The Morgan fingerprint density at radius 1 is 1.09 bits per heavy atom. The van der Waals surface area contributed by atoms with E-state index in [0.29, 0.717) is 5.69 Å². The normalized spacial score (nSPS) is 14.6. The average molecular weight is 486 g/mol. The number of primary amides is 1. The third kappa shape index (κ3) is 9.49. The fourth-order valence-corrected chi connectivity index (χ4v) is 3.04. The van der Waals surface area contributed by atoms with Gasteiger partial charge in [0, 0.05) is 30.5 Å². The Hall–Kier alpha value is -3.13. The molecule has 0 fully saturated rings. The van der Waals surface area contributed by atoms with E-state index in [0.717, 1.165) is 0 Å². The second-order valence-electron chi connectivity index (χ2n) is 7.77. The second-order valence-corrected chi connectivity index (χ2v) is 8.13. The van der Waals surface area contributed by atoms with Gasteiger partial charge in [-0.05, 0) is 12.3 Å². The lowest BCUT2D eigenvalue weighted by atomic mass is 10.0. The first-order valence-electron chi connectivity index (χ1n) is 10.2. The lowest BCUT2D eigenvalue weighted by Gasteiger charge is -2.26. The Morgan fingerprint density at radius 2 is 1.73 bits per heavy atom. The molecule has 0 bridgehead atoms. The summed E-state index contributed by atoms with van der Waals surface area (Å²) in [7, 11) is 0. The van der Waals surface area contributed by atoms with Gasteiger partial charge in [-0.3, -0.25) is 19.2 Å². The summed E-state index contributed by atoms with van der Waals surface area (Å²) in [6.07, 6.45) is 2.75. The molecule has 1 heterocycles. The van der Waals surface area contributed by atoms with Crippen LogP contribution in [-0.2, 0) is 30.4 Å². The van der Waals surface area contributed by atoms with Crippen LogP contribution >= 0.6 is 12.6 Å². The van der Waals surface area contributed by atoms with Gasteiger partial charge in [0.15, 0.2) is 0 Å². The molecule has 33 heavy (non-hydrogen) atoms. The zero-order chi connectivity index (χ0) is 25.1. The summed E-state index contributed by atoms with van der Waals surface area (Å²) >= 11 is 3.90. The van der Waals surface area contributed by atoms with Crippen LogP contribution in [-0.4, -0.2) is 74.6 Å². The van der Waals surface area contributed by atoms with E-state index >= 15 is 0 Å². The van der Waals surface area contributed by atoms with Gasteiger partial charge in [-0.1, -0.05) is 13.8 Å². The van der Waals surface area contributed by atoms with Gasteiger partial charge >= 0.3 is 5.97 Å². The summed E-state index contributed by atoms with van der Waals surface area (Å²) in [5.74, 6) is -4.64. The molecule has 0 aromatic carbocycles. The number of carbonyl (C=O) groups excluding carboxylic acids is 4. The van der Waals surface area contributed by atoms with E-state index in [1.807, 2.05) is 0 Å². The lowest BCUT2D eigenvalue weighted by molar-refractivity contribution is -0.142. The third-order valence-electron chi connectivity index (χ3n) is 4.69. The highest BCUT2D eigenvalue weighted by Gasteiger charge is 2.31. The minimum absolute atomic E-state index is 0.121. The molecule has 14 heteroatoms. The van der Waals surface area contributed by atoms with Crippen LogP contribution in [0.2, 0.25) is 0 Å². The largest absolute Gasteiger partial charge is 0.480 e. The maximum atomic E-state index is 12.9. The molecule has 1 rings (SSSR count). The highest BCUT2D eigenvalue weighted by atomic mass is 32.1. The van der Waals surface area contributed by atoms with Crippen molar-refractivity contribution in [3.05, 3.63) is 18.2 Å². The number of aromatic amines is 1. The Bertz CT molecular complexity index is 833. The molecule has 9 N–H and O–H groups in total. The molecular weight excluding hydrogens is 454 g/mol. The summed E-state index contributed by atoms with van der Waals surface area (Å²) in [6, 6.07) is -4.56. The molecule has 0 saturated carbocycles. The van der Waals surface area contributed by atoms with Crippen LogP contribution in [0.5, 0.6) is 0 Å². The van der Waals surface area contributed by atoms with Crippen LogP contribution in [0.3, 0.4) is 0 Å². The summed E-state index contributed by atoms with van der Waals surface area (Å²) in [5, 5.41) is 16.4. The van der Waals surface area contributed by atoms with Crippen molar-refractivity contribution in [2.75, 3.05) is 5.75 Å². The van der Waals surface area contributed by atoms with Crippen LogP contribution < -0.4 is 27.4 Å². The number of hydrogen-bond donors (Lipinski definition) is 8. The van der Waals surface area contributed by atoms with Gasteiger partial charge in [-0.25, -0.2) is 9.78 Å². The van der Waals surface area contributed by atoms with Crippen LogP contribution in [0.1, 0.15) is 32.4 Å². The number of aliphatic carboxylic acids is 1. The Labute approximate surface area is 196 Å². The first-order valence-corrected chi connectivity index (χ1v) is 10.8. The van der Waals surface area contributed by atoms with Crippen molar-refractivity contribution in [3.8, 4) is 0 Å². The molecule has 4 atom stereocenters. The Kier molecular flexibility index (Phi) is 11.4. The molecule has 1 aromatic heterocycles. The first kappa shape index (κ1) is 27.9. The van der Waals surface area contributed by atoms with Gasteiger partial charge in [0.1, 0.15) is 18.1 Å². The van der Waals surface area contributed by atoms with Gasteiger partial charge in [0.05, 0.1) is 12.4 Å². The number of nitrogens with one attached hydrogen (secondary N) is 4. The van der Waals surface area contributed by atoms with E-state index < -0.39 is 59.7 Å². The monoisotopic (exact) mass is 485 g/mol. The summed E-state index contributed by atoms with van der Waals surface area (Å²) in [5.41, 5.74) is 11.7. The first-order chi connectivity index (χ1) is 15.5. The standard InChI is InChI=1S/C19H31N7O6S/c1-9(2)15(18(30)25-13(7-33)19(31)32)26-17(29)12(3-4-14(21)27)24-16(28)11(20)5-10-6-22-8-23-10/h6,8-9,11-13,15,33H,3-5,7,20H2,1-2H3,(H2,21,27)(H,22,23)(H,24,28)(H,25,30)(H,26,29)(H,31,32). The summed E-state index contributed by atoms with van der Waals surface area (Å²) < 4.78 is 0. The van der Waals surface area contributed by atoms with Gasteiger partial charge in [0.2, 0.25) is 23.6 Å². The number of carbonyl (C=O) groups is 5. The molecule has 0 aliphatic carbocycles. The van der Waals surface area contributed by atoms with Crippen molar-refractivity contribution in [1.29, 1.82) is 0 Å². The average Bonchev–Trinajstić information content (AvgIpc) is 3.24. The minimum Gasteiger partial charge on any atom is -0.480 e. The number of carboxylic acid groups (broad SMARTS) is 1. The highest BCUT2D eigenvalue weighted by molar-refractivity contribution is 7.80. The number of nitrogens with two attached hydrogens (primary N) is 2. The number of carboxylic acids is 1. The number of imidazole rings is 1. The molecule has 1 aromatic rings. The molecule has 0 saturated heterocycles. The minimum atomic E-state index is -1.27. The maximum absolute atomic E-state index is 12.9. The number of amides is 4. The van der Waals surface area contributed by atoms with Crippen LogP contribution in [0, 0.1) is 5.92 Å². The number of hydrogen-bond acceptors (Lipinski definition) is 8. The Balaban J connectivity index is 2.91. The van der Waals surface area contributed by atoms with E-state index in [-0.39, 0.29) is 25.0 Å². The highest BCUT2D eigenvalue weighted by Crippen LogP contribution is 2.07. The fraction of sp³-hybridized carbons (Fsp3) is 0.579. The predicted octanol–water partition coefficient (Wildman–Crippen LogP) is -2.33. The molecule has 184 valence electrons. The number of aromatic nitrogens is 2. The molecule has 4 amide bonds. The summed E-state index contributed by atoms with van der Waals surface area (Å²) in [4.78, 5) is 67.1. The van der Waals surface area contributed by atoms with Gasteiger partial charge < -0.3 is 37.5 Å². The van der Waals surface area contributed by atoms with Gasteiger partial charge in [-0.15, -0.1) is 0 Å². The molecule has 13 nitrogen and oxygen atoms in total. The molecule has 0 aliphatic heterocycles. The topological polar surface area (TPSA) is 222 Å². The van der Waals surface area contributed by atoms with E-state index in [2.05, 4.69) is 38.5 Å². The van der Waals surface area contributed by atoms with Crippen molar-refractivity contribution in [2.24, 2.45) is 17.4 Å². The van der Waals surface area contributed by atoms with Crippen molar-refractivity contribution in [2.45, 2.75) is 57.3 Å². The van der Waals surface area contributed by atoms with Gasteiger partial charge in [0.25, 0.3) is 0 Å². The fourth-order valence-electron chi connectivity index (χ4n) is 2.80. The molecule has 0 spiro atoms. The number of rotatable bonds is 14. The van der Waals surface area contributed by atoms with Crippen molar-refractivity contribution in [3.63, 3.8) is 0 Å². The molecular formula is C19H31N7O6S. The second kappa shape index (κ2) is 13.4. The molecule has 4 unspecified atom stereocenters. The van der Waals surface area contributed by atoms with Crippen LogP contribution in [0.25, 0.3) is 0 Å². The lowest BCUT2D eigenvalue weighted by Crippen LogP contribution is -2.58. The maximum Gasteiger partial charge on any atom is 0.327 e. The van der Waals surface area contributed by atoms with E-state index in [4.69, 9.17) is 16.6 Å². The Morgan fingerprint density at radius 3 is 2.21 bits per heavy atom.